The van der Waals surface area contributed by atoms with E-state index in [1.165, 1.54) is 5.56 Å². The standard InChI is InChI=1S/C22H22O2/c23-21(14-6-2-5-11-17-9-3-1-4-10-17)20-16-15-18-12-7-8-13-19(18)22(20)24/h1,3-4,7-10,12-13,15-16,24H,2,5-6,11,14H2. The lowest BCUT2D eigenvalue weighted by Gasteiger charge is -2.07. The summed E-state index contributed by atoms with van der Waals surface area (Å²) in [5, 5.41) is 12.0. The number of hydrogen-bond acceptors (Lipinski definition) is 2. The van der Waals surface area contributed by atoms with E-state index in [4.69, 9.17) is 0 Å². The molecule has 2 heteroatoms. The molecule has 0 bridgehead atoms. The van der Waals surface area contributed by atoms with Gasteiger partial charge in [0.15, 0.2) is 5.78 Å². The predicted molar refractivity (Wildman–Crippen MR) is 98.6 cm³/mol. The molecule has 0 fully saturated rings. The zero-order valence-electron chi connectivity index (χ0n) is 13.7. The lowest BCUT2D eigenvalue weighted by Crippen LogP contribution is -2.00. The van der Waals surface area contributed by atoms with E-state index in [2.05, 4.69) is 24.3 Å². The summed E-state index contributed by atoms with van der Waals surface area (Å²) >= 11 is 0. The number of rotatable bonds is 7. The van der Waals surface area contributed by atoms with E-state index >= 15 is 0 Å². The molecule has 0 spiro atoms. The Hall–Kier alpha value is -2.61. The molecule has 3 rings (SSSR count). The van der Waals surface area contributed by atoms with Crippen LogP contribution in [0.5, 0.6) is 5.75 Å². The zero-order valence-corrected chi connectivity index (χ0v) is 13.7. The van der Waals surface area contributed by atoms with Crippen LogP contribution in [-0.4, -0.2) is 10.9 Å². The number of fused-ring (bicyclic) bond motifs is 1. The monoisotopic (exact) mass is 318 g/mol. The fourth-order valence-electron chi connectivity index (χ4n) is 3.05. The molecule has 0 unspecified atom stereocenters. The summed E-state index contributed by atoms with van der Waals surface area (Å²) in [5.74, 6) is 0.139. The molecule has 0 saturated carbocycles. The molecule has 3 aromatic carbocycles. The first-order valence-electron chi connectivity index (χ1n) is 8.53. The number of ketones is 1. The molecule has 122 valence electrons. The number of carbonyl (C=O) groups is 1. The van der Waals surface area contributed by atoms with Crippen molar-refractivity contribution in [3.8, 4) is 5.75 Å². The number of hydrogen-bond donors (Lipinski definition) is 1. The van der Waals surface area contributed by atoms with Crippen LogP contribution in [-0.2, 0) is 6.42 Å². The second-order valence-corrected chi connectivity index (χ2v) is 6.15. The van der Waals surface area contributed by atoms with Crippen molar-refractivity contribution in [2.75, 3.05) is 0 Å². The van der Waals surface area contributed by atoms with Gasteiger partial charge in [-0.3, -0.25) is 4.79 Å². The van der Waals surface area contributed by atoms with Crippen LogP contribution >= 0.6 is 0 Å². The first-order chi connectivity index (χ1) is 11.8. The summed E-state index contributed by atoms with van der Waals surface area (Å²) in [6, 6.07) is 21.6. The maximum atomic E-state index is 12.4. The van der Waals surface area contributed by atoms with Crippen molar-refractivity contribution in [1.82, 2.24) is 0 Å². The molecule has 0 saturated heterocycles. The van der Waals surface area contributed by atoms with E-state index in [0.717, 1.165) is 36.5 Å². The predicted octanol–water partition coefficient (Wildman–Crippen LogP) is 5.53. The summed E-state index contributed by atoms with van der Waals surface area (Å²) in [6.07, 6.45) is 4.50. The Labute approximate surface area is 142 Å². The van der Waals surface area contributed by atoms with Gasteiger partial charge in [-0.25, -0.2) is 0 Å². The minimum absolute atomic E-state index is 0.0259. The van der Waals surface area contributed by atoms with Crippen molar-refractivity contribution in [2.45, 2.75) is 32.1 Å². The number of carbonyl (C=O) groups excluding carboxylic acids is 1. The van der Waals surface area contributed by atoms with Gasteiger partial charge < -0.3 is 5.11 Å². The molecule has 0 aliphatic carbocycles. The van der Waals surface area contributed by atoms with Gasteiger partial charge in [-0.05, 0) is 36.3 Å². The second-order valence-electron chi connectivity index (χ2n) is 6.15. The smallest absolute Gasteiger partial charge is 0.166 e. The molecule has 24 heavy (non-hydrogen) atoms. The normalized spacial score (nSPS) is 10.8. The Morgan fingerprint density at radius 3 is 2.38 bits per heavy atom. The number of Topliss-reactive ketones (excluding diaryl/α,β-unsaturated/α-hetero) is 1. The van der Waals surface area contributed by atoms with Crippen LogP contribution in [0.15, 0.2) is 66.7 Å². The third-order valence-electron chi connectivity index (χ3n) is 4.41. The molecular weight excluding hydrogens is 296 g/mol. The molecule has 3 aromatic rings. The van der Waals surface area contributed by atoms with Gasteiger partial charge in [0.25, 0.3) is 0 Å². The van der Waals surface area contributed by atoms with Gasteiger partial charge in [0.2, 0.25) is 0 Å². The van der Waals surface area contributed by atoms with Gasteiger partial charge in [0, 0.05) is 11.8 Å². The van der Waals surface area contributed by atoms with E-state index in [9.17, 15) is 9.90 Å². The van der Waals surface area contributed by atoms with E-state index in [1.807, 2.05) is 36.4 Å². The summed E-state index contributed by atoms with van der Waals surface area (Å²) < 4.78 is 0. The summed E-state index contributed by atoms with van der Waals surface area (Å²) in [4.78, 5) is 12.4. The number of benzene rings is 3. The fraction of sp³-hybridized carbons (Fsp3) is 0.227. The van der Waals surface area contributed by atoms with Crippen LogP contribution in [0.4, 0.5) is 0 Å². The number of phenolic OH excluding ortho intramolecular Hbond substituents is 1. The first-order valence-corrected chi connectivity index (χ1v) is 8.53. The summed E-state index contributed by atoms with van der Waals surface area (Å²) in [5.41, 5.74) is 1.78. The van der Waals surface area contributed by atoms with Crippen molar-refractivity contribution in [3.63, 3.8) is 0 Å². The quantitative estimate of drug-likeness (QED) is 0.459. The van der Waals surface area contributed by atoms with Crippen LogP contribution in [0, 0.1) is 0 Å². The number of aromatic hydroxyl groups is 1. The Morgan fingerprint density at radius 2 is 1.54 bits per heavy atom. The third-order valence-corrected chi connectivity index (χ3v) is 4.41. The summed E-state index contributed by atoms with van der Waals surface area (Å²) in [6.45, 7) is 0. The highest BCUT2D eigenvalue weighted by molar-refractivity contribution is 6.04. The number of aryl methyl sites for hydroxylation is 1. The molecule has 0 atom stereocenters. The van der Waals surface area contributed by atoms with Crippen LogP contribution in [0.3, 0.4) is 0 Å². The maximum absolute atomic E-state index is 12.4. The Balaban J connectivity index is 1.53. The molecule has 0 amide bonds. The van der Waals surface area contributed by atoms with Gasteiger partial charge in [-0.15, -0.1) is 0 Å². The second kappa shape index (κ2) is 7.78. The lowest BCUT2D eigenvalue weighted by atomic mass is 9.99. The third kappa shape index (κ3) is 3.83. The molecule has 0 heterocycles. The molecule has 1 N–H and O–H groups in total. The molecule has 0 radical (unpaired) electrons. The highest BCUT2D eigenvalue weighted by Gasteiger charge is 2.13. The average molecular weight is 318 g/mol. The van der Waals surface area contributed by atoms with Crippen molar-refractivity contribution >= 4 is 16.6 Å². The van der Waals surface area contributed by atoms with Crippen molar-refractivity contribution in [2.24, 2.45) is 0 Å². The number of phenols is 1. The zero-order chi connectivity index (χ0) is 16.8. The Bertz CT molecular complexity index is 822. The van der Waals surface area contributed by atoms with E-state index < -0.39 is 0 Å². The van der Waals surface area contributed by atoms with Crippen LogP contribution < -0.4 is 0 Å². The van der Waals surface area contributed by atoms with Gasteiger partial charge in [-0.2, -0.15) is 0 Å². The van der Waals surface area contributed by atoms with Crippen molar-refractivity contribution < 1.29 is 9.90 Å². The largest absolute Gasteiger partial charge is 0.507 e. The topological polar surface area (TPSA) is 37.3 Å². The highest BCUT2D eigenvalue weighted by atomic mass is 16.3. The SMILES string of the molecule is O=C(CCCCCc1ccccc1)c1ccc2ccccc2c1O. The van der Waals surface area contributed by atoms with E-state index in [1.54, 1.807) is 6.07 Å². The minimum atomic E-state index is 0.0259. The van der Waals surface area contributed by atoms with Gasteiger partial charge in [0.1, 0.15) is 5.75 Å². The van der Waals surface area contributed by atoms with Crippen LogP contribution in [0.25, 0.3) is 10.8 Å². The fourth-order valence-corrected chi connectivity index (χ4v) is 3.05. The highest BCUT2D eigenvalue weighted by Crippen LogP contribution is 2.29. The lowest BCUT2D eigenvalue weighted by molar-refractivity contribution is 0.0977. The van der Waals surface area contributed by atoms with Gasteiger partial charge in [-0.1, -0.05) is 67.1 Å². The Morgan fingerprint density at radius 1 is 0.792 bits per heavy atom. The van der Waals surface area contributed by atoms with E-state index in [0.29, 0.717) is 12.0 Å². The average Bonchev–Trinajstić information content (AvgIpc) is 2.62. The summed E-state index contributed by atoms with van der Waals surface area (Å²) in [7, 11) is 0. The van der Waals surface area contributed by atoms with Crippen LogP contribution in [0.1, 0.15) is 41.6 Å². The molecule has 0 aliphatic rings. The van der Waals surface area contributed by atoms with Crippen molar-refractivity contribution in [3.05, 3.63) is 77.9 Å². The molecule has 0 aromatic heterocycles. The van der Waals surface area contributed by atoms with Crippen molar-refractivity contribution in [1.29, 1.82) is 0 Å². The minimum Gasteiger partial charge on any atom is -0.507 e. The maximum Gasteiger partial charge on any atom is 0.166 e. The van der Waals surface area contributed by atoms with E-state index in [-0.39, 0.29) is 11.5 Å². The van der Waals surface area contributed by atoms with Crippen LogP contribution in [0.2, 0.25) is 0 Å². The first kappa shape index (κ1) is 16.3. The molecule has 2 nitrogen and oxygen atoms in total. The van der Waals surface area contributed by atoms with Gasteiger partial charge in [0.05, 0.1) is 5.56 Å². The Kier molecular flexibility index (Phi) is 5.27. The molecule has 0 aliphatic heterocycles. The number of unbranched alkanes of at least 4 members (excludes halogenated alkanes) is 2. The molecular formula is C22H22O2. The van der Waals surface area contributed by atoms with Gasteiger partial charge >= 0.3 is 0 Å².